The van der Waals surface area contributed by atoms with Gasteiger partial charge < -0.3 is 16.0 Å². The summed E-state index contributed by atoms with van der Waals surface area (Å²) in [6, 6.07) is 1.85. The van der Waals surface area contributed by atoms with Crippen molar-refractivity contribution in [2.24, 2.45) is 11.7 Å². The number of amides is 1. The summed E-state index contributed by atoms with van der Waals surface area (Å²) < 4.78 is 0. The Bertz CT molecular complexity index is 409. The fourth-order valence-electron chi connectivity index (χ4n) is 1.97. The molecule has 1 amide bonds. The summed E-state index contributed by atoms with van der Waals surface area (Å²) in [6.45, 7) is 4.25. The van der Waals surface area contributed by atoms with Crippen molar-refractivity contribution in [2.75, 3.05) is 29.9 Å². The molecule has 1 aliphatic rings. The van der Waals surface area contributed by atoms with E-state index in [1.165, 1.54) is 0 Å². The zero-order chi connectivity index (χ0) is 12.3. The van der Waals surface area contributed by atoms with E-state index in [2.05, 4.69) is 20.2 Å². The molecule has 0 spiro atoms. The molecule has 2 rings (SSSR count). The number of carbonyl (C=O) groups is 1. The highest BCUT2D eigenvalue weighted by atomic mass is 16.1. The highest BCUT2D eigenvalue weighted by Crippen LogP contribution is 2.22. The molecule has 6 heteroatoms. The first-order valence-corrected chi connectivity index (χ1v) is 5.82. The van der Waals surface area contributed by atoms with Gasteiger partial charge in [0.2, 0.25) is 11.9 Å². The minimum Gasteiger partial charge on any atom is -0.369 e. The Morgan fingerprint density at radius 3 is 3.18 bits per heavy atom. The molecule has 1 unspecified atom stereocenters. The zero-order valence-electron chi connectivity index (χ0n) is 9.89. The van der Waals surface area contributed by atoms with Gasteiger partial charge in [-0.05, 0) is 19.4 Å². The maximum absolute atomic E-state index is 11.1. The van der Waals surface area contributed by atoms with E-state index < -0.39 is 0 Å². The van der Waals surface area contributed by atoms with E-state index in [1.54, 1.807) is 6.20 Å². The molecule has 1 saturated heterocycles. The van der Waals surface area contributed by atoms with Crippen LogP contribution in [0.1, 0.15) is 13.3 Å². The van der Waals surface area contributed by atoms with Gasteiger partial charge in [0, 0.05) is 25.8 Å². The molecule has 0 aliphatic carbocycles. The molecule has 1 aromatic heterocycles. The number of nitrogens with zero attached hydrogens (tertiary/aromatic N) is 3. The standard InChI is InChI=1S/C11H17N5O/c1-2-13-11-14-5-3-9(15-11)16-6-4-8(7-16)10(12)17/h3,5,8H,2,4,6-7H2,1H3,(H2,12,17)(H,13,14,15). The van der Waals surface area contributed by atoms with Crippen molar-refractivity contribution in [3.05, 3.63) is 12.3 Å². The third-order valence-corrected chi connectivity index (χ3v) is 2.89. The van der Waals surface area contributed by atoms with E-state index >= 15 is 0 Å². The van der Waals surface area contributed by atoms with Crippen LogP contribution in [0.5, 0.6) is 0 Å². The molecule has 17 heavy (non-hydrogen) atoms. The van der Waals surface area contributed by atoms with Crippen LogP contribution in [-0.2, 0) is 4.79 Å². The molecule has 1 aliphatic heterocycles. The summed E-state index contributed by atoms with van der Waals surface area (Å²) in [5.74, 6) is 1.17. The van der Waals surface area contributed by atoms with Crippen LogP contribution in [0, 0.1) is 5.92 Å². The lowest BCUT2D eigenvalue weighted by molar-refractivity contribution is -0.121. The van der Waals surface area contributed by atoms with Crippen LogP contribution in [0.25, 0.3) is 0 Å². The summed E-state index contributed by atoms with van der Waals surface area (Å²) >= 11 is 0. The smallest absolute Gasteiger partial charge is 0.224 e. The van der Waals surface area contributed by atoms with Gasteiger partial charge in [0.1, 0.15) is 5.82 Å². The average molecular weight is 235 g/mol. The van der Waals surface area contributed by atoms with Crippen molar-refractivity contribution < 1.29 is 4.79 Å². The molecule has 92 valence electrons. The monoisotopic (exact) mass is 235 g/mol. The average Bonchev–Trinajstić information content (AvgIpc) is 2.79. The zero-order valence-corrected chi connectivity index (χ0v) is 9.89. The van der Waals surface area contributed by atoms with Gasteiger partial charge in [-0.1, -0.05) is 0 Å². The van der Waals surface area contributed by atoms with E-state index in [0.717, 1.165) is 25.3 Å². The topological polar surface area (TPSA) is 84.1 Å². The van der Waals surface area contributed by atoms with Gasteiger partial charge in [-0.3, -0.25) is 4.79 Å². The summed E-state index contributed by atoms with van der Waals surface area (Å²) in [5, 5.41) is 3.06. The third-order valence-electron chi connectivity index (χ3n) is 2.89. The maximum atomic E-state index is 11.1. The van der Waals surface area contributed by atoms with Crippen molar-refractivity contribution in [1.82, 2.24) is 9.97 Å². The largest absolute Gasteiger partial charge is 0.369 e. The molecule has 2 heterocycles. The number of rotatable bonds is 4. The number of primary amides is 1. The number of carbonyl (C=O) groups excluding carboxylic acids is 1. The summed E-state index contributed by atoms with van der Waals surface area (Å²) in [7, 11) is 0. The van der Waals surface area contributed by atoms with Crippen LogP contribution in [0.3, 0.4) is 0 Å². The predicted octanol–water partition coefficient (Wildman–Crippen LogP) is 0.220. The molecule has 6 nitrogen and oxygen atoms in total. The molecule has 1 fully saturated rings. The SMILES string of the molecule is CCNc1nccc(N2CCC(C(N)=O)C2)n1. The predicted molar refractivity (Wildman–Crippen MR) is 65.7 cm³/mol. The van der Waals surface area contributed by atoms with Crippen molar-refractivity contribution in [3.63, 3.8) is 0 Å². The summed E-state index contributed by atoms with van der Waals surface area (Å²) in [4.78, 5) is 21.7. The van der Waals surface area contributed by atoms with Crippen molar-refractivity contribution in [3.8, 4) is 0 Å². The Labute approximate surface area is 100 Å². The summed E-state index contributed by atoms with van der Waals surface area (Å²) in [5.41, 5.74) is 5.30. The second-order valence-electron chi connectivity index (χ2n) is 4.10. The van der Waals surface area contributed by atoms with Crippen LogP contribution >= 0.6 is 0 Å². The first-order valence-electron chi connectivity index (χ1n) is 5.82. The molecule has 0 saturated carbocycles. The van der Waals surface area contributed by atoms with Gasteiger partial charge in [-0.2, -0.15) is 4.98 Å². The third kappa shape index (κ3) is 2.64. The van der Waals surface area contributed by atoms with Crippen LogP contribution in [0.4, 0.5) is 11.8 Å². The molecule has 0 radical (unpaired) electrons. The first-order chi connectivity index (χ1) is 8.20. The minimum absolute atomic E-state index is 0.0625. The van der Waals surface area contributed by atoms with Gasteiger partial charge in [0.25, 0.3) is 0 Å². The number of anilines is 2. The Morgan fingerprint density at radius 1 is 1.71 bits per heavy atom. The number of hydrogen-bond acceptors (Lipinski definition) is 5. The Morgan fingerprint density at radius 2 is 2.53 bits per heavy atom. The first kappa shape index (κ1) is 11.6. The Hall–Kier alpha value is -1.85. The summed E-state index contributed by atoms with van der Waals surface area (Å²) in [6.07, 6.45) is 2.52. The Kier molecular flexibility index (Phi) is 3.41. The van der Waals surface area contributed by atoms with Gasteiger partial charge in [0.15, 0.2) is 0 Å². The van der Waals surface area contributed by atoms with E-state index in [0.29, 0.717) is 12.5 Å². The van der Waals surface area contributed by atoms with Crippen LogP contribution in [-0.4, -0.2) is 35.5 Å². The highest BCUT2D eigenvalue weighted by Gasteiger charge is 2.27. The van der Waals surface area contributed by atoms with Crippen LogP contribution in [0.2, 0.25) is 0 Å². The lowest BCUT2D eigenvalue weighted by Gasteiger charge is -2.17. The molecule has 3 N–H and O–H groups in total. The number of nitrogens with two attached hydrogens (primary N) is 1. The van der Waals surface area contributed by atoms with Gasteiger partial charge in [-0.15, -0.1) is 0 Å². The fraction of sp³-hybridized carbons (Fsp3) is 0.545. The quantitative estimate of drug-likeness (QED) is 0.780. The second-order valence-corrected chi connectivity index (χ2v) is 4.10. The van der Waals surface area contributed by atoms with E-state index in [1.807, 2.05) is 13.0 Å². The van der Waals surface area contributed by atoms with Gasteiger partial charge in [-0.25, -0.2) is 4.98 Å². The normalized spacial score (nSPS) is 19.4. The van der Waals surface area contributed by atoms with E-state index in [4.69, 9.17) is 5.73 Å². The van der Waals surface area contributed by atoms with Crippen molar-refractivity contribution in [1.29, 1.82) is 0 Å². The maximum Gasteiger partial charge on any atom is 0.224 e. The minimum atomic E-state index is -0.228. The second kappa shape index (κ2) is 4.99. The number of nitrogens with one attached hydrogen (secondary N) is 1. The van der Waals surface area contributed by atoms with E-state index in [9.17, 15) is 4.79 Å². The van der Waals surface area contributed by atoms with Gasteiger partial charge in [0.05, 0.1) is 5.92 Å². The number of hydrogen-bond donors (Lipinski definition) is 2. The van der Waals surface area contributed by atoms with Gasteiger partial charge >= 0.3 is 0 Å². The van der Waals surface area contributed by atoms with Crippen LogP contribution in [0.15, 0.2) is 12.3 Å². The molecule has 0 aromatic carbocycles. The van der Waals surface area contributed by atoms with Crippen molar-refractivity contribution in [2.45, 2.75) is 13.3 Å². The fourth-order valence-corrected chi connectivity index (χ4v) is 1.97. The van der Waals surface area contributed by atoms with Crippen LogP contribution < -0.4 is 16.0 Å². The molecular weight excluding hydrogens is 218 g/mol. The number of aromatic nitrogens is 2. The van der Waals surface area contributed by atoms with Crippen molar-refractivity contribution >= 4 is 17.7 Å². The lowest BCUT2D eigenvalue weighted by Crippen LogP contribution is -2.27. The Balaban J connectivity index is 2.08. The lowest BCUT2D eigenvalue weighted by atomic mass is 10.1. The van der Waals surface area contributed by atoms with E-state index in [-0.39, 0.29) is 11.8 Å². The molecule has 1 aromatic rings. The molecular formula is C11H17N5O. The molecule has 1 atom stereocenters. The highest BCUT2D eigenvalue weighted by molar-refractivity contribution is 5.78. The molecule has 0 bridgehead atoms.